The SMILES string of the molecule is CNC(=O)c1cccc(NC(C)C2CCCN(C)C2)c1C. The van der Waals surface area contributed by atoms with Gasteiger partial charge in [-0.25, -0.2) is 0 Å². The Hall–Kier alpha value is -1.55. The molecule has 2 rings (SSSR count). The number of anilines is 1. The summed E-state index contributed by atoms with van der Waals surface area (Å²) in [4.78, 5) is 14.3. The van der Waals surface area contributed by atoms with Crippen LogP contribution in [0.4, 0.5) is 5.69 Å². The van der Waals surface area contributed by atoms with Gasteiger partial charge in [0.15, 0.2) is 0 Å². The van der Waals surface area contributed by atoms with Crippen molar-refractivity contribution >= 4 is 11.6 Å². The van der Waals surface area contributed by atoms with Crippen molar-refractivity contribution in [2.45, 2.75) is 32.7 Å². The second-order valence-electron chi connectivity index (χ2n) is 6.15. The first-order chi connectivity index (χ1) is 10.0. The summed E-state index contributed by atoms with van der Waals surface area (Å²) in [5.41, 5.74) is 2.83. The molecule has 2 N–H and O–H groups in total. The minimum atomic E-state index is -0.0267. The first-order valence-electron chi connectivity index (χ1n) is 7.79. The molecule has 4 heteroatoms. The van der Waals surface area contributed by atoms with Crippen molar-refractivity contribution in [1.29, 1.82) is 0 Å². The minimum Gasteiger partial charge on any atom is -0.382 e. The highest BCUT2D eigenvalue weighted by atomic mass is 16.1. The fourth-order valence-corrected chi connectivity index (χ4v) is 3.15. The third-order valence-corrected chi connectivity index (χ3v) is 4.56. The molecule has 21 heavy (non-hydrogen) atoms. The lowest BCUT2D eigenvalue weighted by atomic mass is 9.91. The molecule has 1 aromatic rings. The number of rotatable bonds is 4. The Morgan fingerprint density at radius 3 is 2.86 bits per heavy atom. The van der Waals surface area contributed by atoms with Crippen LogP contribution in [0, 0.1) is 12.8 Å². The molecule has 2 unspecified atom stereocenters. The number of nitrogens with one attached hydrogen (secondary N) is 2. The molecule has 116 valence electrons. The van der Waals surface area contributed by atoms with Crippen molar-refractivity contribution in [1.82, 2.24) is 10.2 Å². The van der Waals surface area contributed by atoms with Crippen LogP contribution < -0.4 is 10.6 Å². The molecule has 0 saturated carbocycles. The highest BCUT2D eigenvalue weighted by Gasteiger charge is 2.23. The van der Waals surface area contributed by atoms with Gasteiger partial charge in [0.1, 0.15) is 0 Å². The van der Waals surface area contributed by atoms with Gasteiger partial charge in [0.2, 0.25) is 0 Å². The number of carbonyl (C=O) groups excluding carboxylic acids is 1. The Balaban J connectivity index is 2.10. The molecule has 0 bridgehead atoms. The van der Waals surface area contributed by atoms with Crippen LogP contribution >= 0.6 is 0 Å². The number of hydrogen-bond acceptors (Lipinski definition) is 3. The Kier molecular flexibility index (Phi) is 5.23. The predicted molar refractivity (Wildman–Crippen MR) is 87.9 cm³/mol. The van der Waals surface area contributed by atoms with E-state index in [4.69, 9.17) is 0 Å². The monoisotopic (exact) mass is 289 g/mol. The quantitative estimate of drug-likeness (QED) is 0.895. The number of benzene rings is 1. The summed E-state index contributed by atoms with van der Waals surface area (Å²) in [5.74, 6) is 0.632. The van der Waals surface area contributed by atoms with Crippen molar-refractivity contribution in [3.63, 3.8) is 0 Å². The van der Waals surface area contributed by atoms with E-state index in [9.17, 15) is 4.79 Å². The molecular formula is C17H27N3O. The summed E-state index contributed by atoms with van der Waals surface area (Å²) in [5, 5.41) is 6.31. The van der Waals surface area contributed by atoms with E-state index in [1.165, 1.54) is 19.4 Å². The third kappa shape index (κ3) is 3.76. The zero-order valence-corrected chi connectivity index (χ0v) is 13.6. The van der Waals surface area contributed by atoms with Crippen LogP contribution in [0.2, 0.25) is 0 Å². The minimum absolute atomic E-state index is 0.0267. The normalized spacial score (nSPS) is 20.9. The second-order valence-corrected chi connectivity index (χ2v) is 6.15. The van der Waals surface area contributed by atoms with Crippen LogP contribution in [0.25, 0.3) is 0 Å². The van der Waals surface area contributed by atoms with E-state index in [-0.39, 0.29) is 5.91 Å². The van der Waals surface area contributed by atoms with Gasteiger partial charge in [-0.1, -0.05) is 6.07 Å². The molecule has 0 radical (unpaired) electrons. The van der Waals surface area contributed by atoms with Crippen molar-refractivity contribution in [3.8, 4) is 0 Å². The Bertz CT molecular complexity index is 501. The van der Waals surface area contributed by atoms with Crippen molar-refractivity contribution in [2.24, 2.45) is 5.92 Å². The third-order valence-electron chi connectivity index (χ3n) is 4.56. The Labute approximate surface area is 127 Å². The summed E-state index contributed by atoms with van der Waals surface area (Å²) in [6, 6.07) is 6.29. The molecule has 1 aliphatic rings. The summed E-state index contributed by atoms with van der Waals surface area (Å²) >= 11 is 0. The molecule has 1 fully saturated rings. The van der Waals surface area contributed by atoms with Crippen LogP contribution in [-0.2, 0) is 0 Å². The summed E-state index contributed by atoms with van der Waals surface area (Å²) < 4.78 is 0. The highest BCUT2D eigenvalue weighted by Crippen LogP contribution is 2.24. The van der Waals surface area contributed by atoms with Gasteiger partial charge < -0.3 is 15.5 Å². The van der Waals surface area contributed by atoms with Crippen LogP contribution in [-0.4, -0.2) is 44.0 Å². The van der Waals surface area contributed by atoms with Crippen molar-refractivity contribution in [3.05, 3.63) is 29.3 Å². The van der Waals surface area contributed by atoms with Gasteiger partial charge in [0, 0.05) is 30.9 Å². The Morgan fingerprint density at radius 2 is 2.19 bits per heavy atom. The predicted octanol–water partition coefficient (Wildman–Crippen LogP) is 2.50. The maximum absolute atomic E-state index is 11.9. The van der Waals surface area contributed by atoms with Gasteiger partial charge >= 0.3 is 0 Å². The zero-order valence-electron chi connectivity index (χ0n) is 13.6. The average Bonchev–Trinajstić information content (AvgIpc) is 2.48. The lowest BCUT2D eigenvalue weighted by Gasteiger charge is -2.34. The standard InChI is InChI=1S/C17H27N3O/c1-12-15(17(21)18-3)8-5-9-16(12)19-13(2)14-7-6-10-20(4)11-14/h5,8-9,13-14,19H,6-7,10-11H2,1-4H3,(H,18,21). The van der Waals surface area contributed by atoms with Crippen LogP contribution in [0.3, 0.4) is 0 Å². The molecule has 1 heterocycles. The molecule has 1 aromatic carbocycles. The summed E-state index contributed by atoms with van der Waals surface area (Å²) in [6.07, 6.45) is 2.54. The fraction of sp³-hybridized carbons (Fsp3) is 0.588. The molecule has 0 spiro atoms. The van der Waals surface area contributed by atoms with Crippen molar-refractivity contribution < 1.29 is 4.79 Å². The van der Waals surface area contributed by atoms with Crippen molar-refractivity contribution in [2.75, 3.05) is 32.5 Å². The topological polar surface area (TPSA) is 44.4 Å². The van der Waals surface area contributed by atoms with E-state index in [0.717, 1.165) is 23.4 Å². The molecular weight excluding hydrogens is 262 g/mol. The smallest absolute Gasteiger partial charge is 0.251 e. The lowest BCUT2D eigenvalue weighted by molar-refractivity contribution is 0.0962. The number of likely N-dealkylation sites (tertiary alicyclic amines) is 1. The Morgan fingerprint density at radius 1 is 1.43 bits per heavy atom. The molecule has 1 saturated heterocycles. The van der Waals surface area contributed by atoms with E-state index in [1.807, 2.05) is 19.1 Å². The van der Waals surface area contributed by atoms with Gasteiger partial charge in [-0.15, -0.1) is 0 Å². The maximum Gasteiger partial charge on any atom is 0.251 e. The highest BCUT2D eigenvalue weighted by molar-refractivity contribution is 5.96. The van der Waals surface area contributed by atoms with Gasteiger partial charge in [0.25, 0.3) is 5.91 Å². The molecule has 4 nitrogen and oxygen atoms in total. The number of nitrogens with zero attached hydrogens (tertiary/aromatic N) is 1. The maximum atomic E-state index is 11.9. The molecule has 0 aromatic heterocycles. The largest absolute Gasteiger partial charge is 0.382 e. The van der Waals surface area contributed by atoms with E-state index in [1.54, 1.807) is 7.05 Å². The van der Waals surface area contributed by atoms with Gasteiger partial charge in [-0.3, -0.25) is 4.79 Å². The van der Waals surface area contributed by atoms with Gasteiger partial charge in [-0.05, 0) is 63.9 Å². The van der Waals surface area contributed by atoms with E-state index < -0.39 is 0 Å². The summed E-state index contributed by atoms with van der Waals surface area (Å²) in [6.45, 7) is 6.60. The van der Waals surface area contributed by atoms with Gasteiger partial charge in [-0.2, -0.15) is 0 Å². The van der Waals surface area contributed by atoms with Crippen LogP contribution in [0.1, 0.15) is 35.7 Å². The number of hydrogen-bond donors (Lipinski definition) is 2. The summed E-state index contributed by atoms with van der Waals surface area (Å²) in [7, 11) is 3.86. The van der Waals surface area contributed by atoms with Crippen LogP contribution in [0.5, 0.6) is 0 Å². The molecule has 1 amide bonds. The zero-order chi connectivity index (χ0) is 15.4. The van der Waals surface area contributed by atoms with E-state index in [2.05, 4.69) is 35.6 Å². The fourth-order valence-electron chi connectivity index (χ4n) is 3.15. The second kappa shape index (κ2) is 6.94. The van der Waals surface area contributed by atoms with Crippen LogP contribution in [0.15, 0.2) is 18.2 Å². The molecule has 2 atom stereocenters. The first kappa shape index (κ1) is 15.8. The van der Waals surface area contributed by atoms with E-state index in [0.29, 0.717) is 12.0 Å². The molecule has 0 aliphatic carbocycles. The van der Waals surface area contributed by atoms with E-state index >= 15 is 0 Å². The lowest BCUT2D eigenvalue weighted by Crippen LogP contribution is -2.40. The number of piperidine rings is 1. The first-order valence-corrected chi connectivity index (χ1v) is 7.79. The number of carbonyl (C=O) groups is 1. The average molecular weight is 289 g/mol. The molecule has 1 aliphatic heterocycles. The number of amides is 1. The van der Waals surface area contributed by atoms with Gasteiger partial charge in [0.05, 0.1) is 0 Å².